The van der Waals surface area contributed by atoms with Crippen LogP contribution in [0.25, 0.3) is 0 Å². The first-order chi connectivity index (χ1) is 13.1. The summed E-state index contributed by atoms with van der Waals surface area (Å²) in [5.74, 6) is 0.321. The number of benzene rings is 2. The maximum Gasteiger partial charge on any atom is 0.235 e. The number of ether oxygens (including phenoxy) is 1. The molecule has 2 aromatic carbocycles. The van der Waals surface area contributed by atoms with Crippen molar-refractivity contribution >= 4 is 11.6 Å². The highest BCUT2D eigenvalue weighted by atomic mass is 19.1. The Labute approximate surface area is 159 Å². The number of nitrogens with one attached hydrogen (secondary N) is 2. The number of carbonyl (C=O) groups excluding carboxylic acids is 1. The van der Waals surface area contributed by atoms with Gasteiger partial charge >= 0.3 is 0 Å². The molecule has 4 rings (SSSR count). The molecule has 1 amide bonds. The second-order valence-electron chi connectivity index (χ2n) is 7.47. The SMILES string of the molecule is COc1cccc(C2(C(=O)Nc3ccc4c(c3F)CCNC4)CCCC2)c1. The molecule has 0 radical (unpaired) electrons. The highest BCUT2D eigenvalue weighted by Gasteiger charge is 2.43. The number of hydrogen-bond donors (Lipinski definition) is 2. The smallest absolute Gasteiger partial charge is 0.235 e. The van der Waals surface area contributed by atoms with Crippen molar-refractivity contribution in [2.75, 3.05) is 19.0 Å². The normalized spacial score (nSPS) is 18.0. The standard InChI is InChI=1S/C22H25FN2O2/c1-27-17-6-4-5-16(13-17)22(10-2-3-11-22)21(26)25-19-8-7-15-14-24-12-9-18(15)20(19)23/h4-8,13,24H,2-3,9-12,14H2,1H3,(H,25,26). The average Bonchev–Trinajstić information content (AvgIpc) is 3.21. The molecule has 142 valence electrons. The van der Waals surface area contributed by atoms with E-state index in [0.29, 0.717) is 18.5 Å². The van der Waals surface area contributed by atoms with E-state index in [-0.39, 0.29) is 17.4 Å². The lowest BCUT2D eigenvalue weighted by molar-refractivity contribution is -0.121. The summed E-state index contributed by atoms with van der Waals surface area (Å²) in [5.41, 5.74) is 2.29. The fourth-order valence-corrected chi connectivity index (χ4v) is 4.42. The van der Waals surface area contributed by atoms with Crippen LogP contribution in [-0.4, -0.2) is 19.6 Å². The maximum absolute atomic E-state index is 15.0. The molecule has 2 N–H and O–H groups in total. The van der Waals surface area contributed by atoms with E-state index in [9.17, 15) is 9.18 Å². The van der Waals surface area contributed by atoms with Gasteiger partial charge in [0.15, 0.2) is 0 Å². The van der Waals surface area contributed by atoms with Crippen LogP contribution in [0.15, 0.2) is 36.4 Å². The van der Waals surface area contributed by atoms with Crippen molar-refractivity contribution in [2.24, 2.45) is 0 Å². The van der Waals surface area contributed by atoms with Gasteiger partial charge in [-0.2, -0.15) is 0 Å². The third-order valence-electron chi connectivity index (χ3n) is 5.97. The highest BCUT2D eigenvalue weighted by molar-refractivity contribution is 5.99. The van der Waals surface area contributed by atoms with Gasteiger partial charge in [0.25, 0.3) is 0 Å². The average molecular weight is 368 g/mol. The molecule has 2 aliphatic rings. The van der Waals surface area contributed by atoms with Crippen LogP contribution in [0.2, 0.25) is 0 Å². The second-order valence-corrected chi connectivity index (χ2v) is 7.47. The van der Waals surface area contributed by atoms with Gasteiger partial charge in [0.2, 0.25) is 5.91 Å². The third-order valence-corrected chi connectivity index (χ3v) is 5.97. The van der Waals surface area contributed by atoms with Gasteiger partial charge < -0.3 is 15.4 Å². The predicted molar refractivity (Wildman–Crippen MR) is 104 cm³/mol. The Hall–Kier alpha value is -2.40. The first kappa shape index (κ1) is 18.0. The molecule has 0 spiro atoms. The van der Waals surface area contributed by atoms with Gasteiger partial charge in [-0.1, -0.05) is 31.0 Å². The fourth-order valence-electron chi connectivity index (χ4n) is 4.42. The van der Waals surface area contributed by atoms with E-state index < -0.39 is 5.41 Å². The number of fused-ring (bicyclic) bond motifs is 1. The zero-order valence-electron chi connectivity index (χ0n) is 15.6. The summed E-state index contributed by atoms with van der Waals surface area (Å²) in [4.78, 5) is 13.3. The Morgan fingerprint density at radius 3 is 2.81 bits per heavy atom. The zero-order chi connectivity index (χ0) is 18.9. The van der Waals surface area contributed by atoms with Gasteiger partial charge in [-0.05, 0) is 60.7 Å². The minimum atomic E-state index is -0.627. The van der Waals surface area contributed by atoms with Gasteiger partial charge in [-0.25, -0.2) is 4.39 Å². The summed E-state index contributed by atoms with van der Waals surface area (Å²) < 4.78 is 20.3. The molecule has 0 saturated heterocycles. The van der Waals surface area contributed by atoms with Crippen LogP contribution in [0, 0.1) is 5.82 Å². The summed E-state index contributed by atoms with van der Waals surface area (Å²) in [6, 6.07) is 11.3. The van der Waals surface area contributed by atoms with E-state index >= 15 is 0 Å². The molecule has 1 aliphatic heterocycles. The number of rotatable bonds is 4. The van der Waals surface area contributed by atoms with E-state index in [4.69, 9.17) is 4.74 Å². The van der Waals surface area contributed by atoms with E-state index in [2.05, 4.69) is 10.6 Å². The molecule has 1 aliphatic carbocycles. The molecule has 0 atom stereocenters. The van der Waals surface area contributed by atoms with Crippen LogP contribution in [0.3, 0.4) is 0 Å². The molecule has 2 aromatic rings. The molecule has 0 unspecified atom stereocenters. The van der Waals surface area contributed by atoms with E-state index in [1.165, 1.54) is 0 Å². The largest absolute Gasteiger partial charge is 0.497 e. The summed E-state index contributed by atoms with van der Waals surface area (Å²) in [6.07, 6.45) is 4.16. The highest BCUT2D eigenvalue weighted by Crippen LogP contribution is 2.43. The van der Waals surface area contributed by atoms with Crippen LogP contribution in [-0.2, 0) is 23.2 Å². The van der Waals surface area contributed by atoms with Crippen molar-refractivity contribution in [1.82, 2.24) is 5.32 Å². The Bertz CT molecular complexity index is 859. The third kappa shape index (κ3) is 3.21. The first-order valence-electron chi connectivity index (χ1n) is 9.61. The molecule has 5 heteroatoms. The Balaban J connectivity index is 1.66. The van der Waals surface area contributed by atoms with Crippen LogP contribution < -0.4 is 15.4 Å². The molecule has 4 nitrogen and oxygen atoms in total. The monoisotopic (exact) mass is 368 g/mol. The fraction of sp³-hybridized carbons (Fsp3) is 0.409. The van der Waals surface area contributed by atoms with Crippen molar-refractivity contribution in [1.29, 1.82) is 0 Å². The van der Waals surface area contributed by atoms with Crippen LogP contribution in [0.4, 0.5) is 10.1 Å². The lowest BCUT2D eigenvalue weighted by Gasteiger charge is -2.29. The lowest BCUT2D eigenvalue weighted by Crippen LogP contribution is -2.38. The molecule has 0 aromatic heterocycles. The predicted octanol–water partition coefficient (Wildman–Crippen LogP) is 3.93. The maximum atomic E-state index is 15.0. The van der Waals surface area contributed by atoms with Gasteiger partial charge in [0, 0.05) is 6.54 Å². The first-order valence-corrected chi connectivity index (χ1v) is 9.61. The second kappa shape index (κ2) is 7.31. The summed E-state index contributed by atoms with van der Waals surface area (Å²) in [6.45, 7) is 1.43. The minimum absolute atomic E-state index is 0.124. The van der Waals surface area contributed by atoms with Gasteiger partial charge in [-0.15, -0.1) is 0 Å². The minimum Gasteiger partial charge on any atom is -0.497 e. The van der Waals surface area contributed by atoms with E-state index in [1.807, 2.05) is 30.3 Å². The van der Waals surface area contributed by atoms with Gasteiger partial charge in [-0.3, -0.25) is 4.79 Å². The molecule has 1 heterocycles. The van der Waals surface area contributed by atoms with Crippen molar-refractivity contribution in [3.63, 3.8) is 0 Å². The van der Waals surface area contributed by atoms with Gasteiger partial charge in [0.1, 0.15) is 11.6 Å². The Morgan fingerprint density at radius 1 is 1.22 bits per heavy atom. The Kier molecular flexibility index (Phi) is 4.87. The van der Waals surface area contributed by atoms with Crippen molar-refractivity contribution in [2.45, 2.75) is 44.1 Å². The summed E-state index contributed by atoms with van der Waals surface area (Å²) >= 11 is 0. The number of methoxy groups -OCH3 is 1. The van der Waals surface area contributed by atoms with Crippen LogP contribution >= 0.6 is 0 Å². The molecule has 1 saturated carbocycles. The number of anilines is 1. The van der Waals surface area contributed by atoms with Crippen molar-refractivity contribution < 1.29 is 13.9 Å². The lowest BCUT2D eigenvalue weighted by atomic mass is 9.77. The summed E-state index contributed by atoms with van der Waals surface area (Å²) in [7, 11) is 1.62. The molecule has 1 fully saturated rings. The van der Waals surface area contributed by atoms with Crippen molar-refractivity contribution in [3.8, 4) is 5.75 Å². The van der Waals surface area contributed by atoms with E-state index in [1.54, 1.807) is 13.2 Å². The zero-order valence-corrected chi connectivity index (χ0v) is 15.6. The van der Waals surface area contributed by atoms with Crippen LogP contribution in [0.5, 0.6) is 5.75 Å². The summed E-state index contributed by atoms with van der Waals surface area (Å²) in [5, 5.41) is 6.15. The molecular formula is C22H25FN2O2. The topological polar surface area (TPSA) is 50.4 Å². The quantitative estimate of drug-likeness (QED) is 0.860. The van der Waals surface area contributed by atoms with Crippen molar-refractivity contribution in [3.05, 3.63) is 58.9 Å². The van der Waals surface area contributed by atoms with E-state index in [0.717, 1.165) is 49.1 Å². The molecule has 0 bridgehead atoms. The number of hydrogen-bond acceptors (Lipinski definition) is 3. The molecule has 27 heavy (non-hydrogen) atoms. The number of amides is 1. The van der Waals surface area contributed by atoms with Gasteiger partial charge in [0.05, 0.1) is 18.2 Å². The number of halogens is 1. The Morgan fingerprint density at radius 2 is 2.04 bits per heavy atom. The number of carbonyl (C=O) groups is 1. The molecular weight excluding hydrogens is 343 g/mol. The van der Waals surface area contributed by atoms with Crippen LogP contribution in [0.1, 0.15) is 42.4 Å².